The van der Waals surface area contributed by atoms with Crippen molar-refractivity contribution in [3.05, 3.63) is 212 Å². The lowest BCUT2D eigenvalue weighted by molar-refractivity contribution is 0.565. The highest BCUT2D eigenvalue weighted by Gasteiger charge is 2.39. The van der Waals surface area contributed by atoms with Gasteiger partial charge in [0.05, 0.1) is 11.0 Å². The Morgan fingerprint density at radius 2 is 1.19 bits per heavy atom. The molecular formula is C60H44N2. The SMILES string of the molecule is C1=CCCC(n2c3ccccc3c3cc(-c4ccc5c(c4)C4C=CCCC4N5c4ccc(-c5cccc(-c6cc7ccc8ccccc8c7c7ccccc67)c5)cc4)ccc32)=C1. The fourth-order valence-electron chi connectivity index (χ4n) is 11.2. The molecule has 0 bridgehead atoms. The van der Waals surface area contributed by atoms with Crippen molar-refractivity contribution in [3.8, 4) is 33.4 Å². The Labute approximate surface area is 362 Å². The maximum Gasteiger partial charge on any atom is 0.0538 e. The van der Waals surface area contributed by atoms with E-state index >= 15 is 0 Å². The molecule has 1 aliphatic heterocycles. The normalized spacial score (nSPS) is 17.0. The first-order valence-electron chi connectivity index (χ1n) is 22.3. The van der Waals surface area contributed by atoms with Crippen molar-refractivity contribution in [2.75, 3.05) is 4.90 Å². The van der Waals surface area contributed by atoms with E-state index < -0.39 is 0 Å². The molecule has 2 heterocycles. The van der Waals surface area contributed by atoms with E-state index in [4.69, 9.17) is 0 Å². The Balaban J connectivity index is 0.849. The molecule has 62 heavy (non-hydrogen) atoms. The summed E-state index contributed by atoms with van der Waals surface area (Å²) in [7, 11) is 0. The van der Waals surface area contributed by atoms with Gasteiger partial charge < -0.3 is 9.47 Å². The molecule has 0 amide bonds. The first kappa shape index (κ1) is 35.3. The van der Waals surface area contributed by atoms with Crippen molar-refractivity contribution in [1.29, 1.82) is 0 Å². The third-order valence-corrected chi connectivity index (χ3v) is 14.0. The van der Waals surface area contributed by atoms with E-state index in [0.29, 0.717) is 12.0 Å². The van der Waals surface area contributed by atoms with Gasteiger partial charge in [0.25, 0.3) is 0 Å². The van der Waals surface area contributed by atoms with Crippen LogP contribution < -0.4 is 4.90 Å². The molecule has 2 atom stereocenters. The van der Waals surface area contributed by atoms with Gasteiger partial charge in [-0.05, 0) is 158 Å². The van der Waals surface area contributed by atoms with Crippen LogP contribution in [-0.4, -0.2) is 10.6 Å². The summed E-state index contributed by atoms with van der Waals surface area (Å²) in [6, 6.07) is 66.6. The van der Waals surface area contributed by atoms with Crippen LogP contribution in [0.1, 0.15) is 37.2 Å². The minimum absolute atomic E-state index is 0.363. The third kappa shape index (κ3) is 5.49. The summed E-state index contributed by atoms with van der Waals surface area (Å²) in [5.41, 5.74) is 15.5. The fraction of sp³-hybridized carbons (Fsp3) is 0.100. The van der Waals surface area contributed by atoms with Crippen LogP contribution in [0.25, 0.3) is 93.2 Å². The lowest BCUT2D eigenvalue weighted by atomic mass is 9.86. The summed E-state index contributed by atoms with van der Waals surface area (Å²) in [6.45, 7) is 0. The molecule has 1 aromatic heterocycles. The van der Waals surface area contributed by atoms with Gasteiger partial charge in [-0.3, -0.25) is 0 Å². The molecule has 0 radical (unpaired) electrons. The van der Waals surface area contributed by atoms with E-state index in [-0.39, 0.29) is 0 Å². The van der Waals surface area contributed by atoms with Gasteiger partial charge in [-0.1, -0.05) is 146 Å². The number of nitrogens with zero attached hydrogens (tertiary/aromatic N) is 2. The largest absolute Gasteiger partial charge is 0.337 e. The van der Waals surface area contributed by atoms with Crippen LogP contribution in [0, 0.1) is 0 Å². The molecule has 0 N–H and O–H groups in total. The van der Waals surface area contributed by atoms with Gasteiger partial charge in [0.15, 0.2) is 0 Å². The lowest BCUT2D eigenvalue weighted by Gasteiger charge is -2.31. The monoisotopic (exact) mass is 792 g/mol. The quantitative estimate of drug-likeness (QED) is 0.124. The van der Waals surface area contributed by atoms with Crippen molar-refractivity contribution in [3.63, 3.8) is 0 Å². The van der Waals surface area contributed by atoms with Crippen LogP contribution in [-0.2, 0) is 0 Å². The molecule has 10 aromatic rings. The van der Waals surface area contributed by atoms with E-state index in [9.17, 15) is 0 Å². The van der Waals surface area contributed by atoms with E-state index in [1.165, 1.54) is 110 Å². The molecule has 0 fully saturated rings. The Bertz CT molecular complexity index is 3540. The zero-order valence-electron chi connectivity index (χ0n) is 34.5. The molecule has 2 aliphatic carbocycles. The summed E-state index contributed by atoms with van der Waals surface area (Å²) in [5.74, 6) is 0.363. The smallest absolute Gasteiger partial charge is 0.0538 e. The number of fused-ring (bicyclic) bond motifs is 11. The van der Waals surface area contributed by atoms with Crippen LogP contribution >= 0.6 is 0 Å². The molecule has 13 rings (SSSR count). The number of anilines is 2. The second-order valence-electron chi connectivity index (χ2n) is 17.4. The first-order valence-corrected chi connectivity index (χ1v) is 22.3. The van der Waals surface area contributed by atoms with Crippen molar-refractivity contribution in [2.45, 2.75) is 37.6 Å². The highest BCUT2D eigenvalue weighted by molar-refractivity contribution is 6.23. The molecule has 0 spiro atoms. The van der Waals surface area contributed by atoms with Crippen LogP contribution in [0.4, 0.5) is 11.4 Å². The highest BCUT2D eigenvalue weighted by Crippen LogP contribution is 2.51. The minimum Gasteiger partial charge on any atom is -0.337 e. The van der Waals surface area contributed by atoms with Crippen LogP contribution in [0.2, 0.25) is 0 Å². The summed E-state index contributed by atoms with van der Waals surface area (Å²) in [4.78, 5) is 2.63. The number of hydrogen-bond donors (Lipinski definition) is 0. The Morgan fingerprint density at radius 3 is 2.08 bits per heavy atom. The third-order valence-electron chi connectivity index (χ3n) is 14.0. The van der Waals surface area contributed by atoms with Gasteiger partial charge in [-0.25, -0.2) is 0 Å². The molecule has 2 unspecified atom stereocenters. The van der Waals surface area contributed by atoms with Crippen molar-refractivity contribution in [2.24, 2.45) is 0 Å². The van der Waals surface area contributed by atoms with Gasteiger partial charge >= 0.3 is 0 Å². The van der Waals surface area contributed by atoms with Crippen LogP contribution in [0.3, 0.4) is 0 Å². The number of aromatic nitrogens is 1. The van der Waals surface area contributed by atoms with Crippen molar-refractivity contribution >= 4 is 71.2 Å². The van der Waals surface area contributed by atoms with Gasteiger partial charge in [0.1, 0.15) is 0 Å². The van der Waals surface area contributed by atoms with Gasteiger partial charge in [0.2, 0.25) is 0 Å². The fourth-order valence-corrected chi connectivity index (χ4v) is 11.2. The van der Waals surface area contributed by atoms with Gasteiger partial charge in [-0.2, -0.15) is 0 Å². The van der Waals surface area contributed by atoms with E-state index in [1.807, 2.05) is 0 Å². The Kier molecular flexibility index (Phi) is 8.03. The molecule has 294 valence electrons. The molecule has 2 nitrogen and oxygen atoms in total. The Morgan fingerprint density at radius 1 is 0.468 bits per heavy atom. The summed E-state index contributed by atoms with van der Waals surface area (Å²) in [6.07, 6.45) is 16.0. The zero-order chi connectivity index (χ0) is 40.7. The van der Waals surface area contributed by atoms with E-state index in [2.05, 4.69) is 216 Å². The molecular weight excluding hydrogens is 749 g/mol. The highest BCUT2D eigenvalue weighted by atomic mass is 15.2. The second-order valence-corrected chi connectivity index (χ2v) is 17.4. The minimum atomic E-state index is 0.363. The predicted octanol–water partition coefficient (Wildman–Crippen LogP) is 16.4. The lowest BCUT2D eigenvalue weighted by Crippen LogP contribution is -2.30. The number of benzene rings is 9. The van der Waals surface area contributed by atoms with Crippen LogP contribution in [0.5, 0.6) is 0 Å². The van der Waals surface area contributed by atoms with Crippen molar-refractivity contribution < 1.29 is 0 Å². The summed E-state index contributed by atoms with van der Waals surface area (Å²) < 4.78 is 2.48. The maximum absolute atomic E-state index is 2.63. The maximum atomic E-state index is 2.63. The van der Waals surface area contributed by atoms with E-state index in [0.717, 1.165) is 25.7 Å². The van der Waals surface area contributed by atoms with E-state index in [1.54, 1.807) is 0 Å². The topological polar surface area (TPSA) is 8.17 Å². The van der Waals surface area contributed by atoms with Gasteiger partial charge in [-0.15, -0.1) is 0 Å². The second kappa shape index (κ2) is 14.1. The first-order chi connectivity index (χ1) is 30.7. The summed E-state index contributed by atoms with van der Waals surface area (Å²) in [5, 5.41) is 10.4. The molecule has 9 aromatic carbocycles. The standard InChI is InChI=1S/C60H44N2/c1-2-16-46(17-3-1)61-56-23-10-8-20-50(56)54-36-42(29-33-58(54)61)43-30-34-59-55(37-43)51-21-9-11-24-57(51)62(59)47-31-27-39(28-32-47)41-14-12-15-44(35-41)53-38-45-26-25-40-13-4-5-18-48(40)60(45)52-22-7-6-19-49(52)53/h1-2,4-10,12-16,18-23,25-38,51,57H,3,11,17,24H2. The number of para-hydroxylation sites is 1. The predicted molar refractivity (Wildman–Crippen MR) is 264 cm³/mol. The number of rotatable bonds is 5. The molecule has 2 heteroatoms. The Hall–Kier alpha value is -7.42. The molecule has 0 saturated carbocycles. The van der Waals surface area contributed by atoms with Gasteiger partial charge in [0, 0.05) is 39.8 Å². The number of hydrogen-bond acceptors (Lipinski definition) is 1. The average molecular weight is 793 g/mol. The van der Waals surface area contributed by atoms with Crippen molar-refractivity contribution in [1.82, 2.24) is 4.57 Å². The molecule has 3 aliphatic rings. The zero-order valence-corrected chi connectivity index (χ0v) is 34.5. The van der Waals surface area contributed by atoms with Crippen LogP contribution in [0.15, 0.2) is 206 Å². The average Bonchev–Trinajstić information content (AvgIpc) is 3.86. The summed E-state index contributed by atoms with van der Waals surface area (Å²) >= 11 is 0. The number of allylic oxidation sites excluding steroid dienone is 5. The molecule has 0 saturated heterocycles.